The van der Waals surface area contributed by atoms with Crippen molar-refractivity contribution in [1.29, 1.82) is 0 Å². The van der Waals surface area contributed by atoms with Gasteiger partial charge in [0.1, 0.15) is 0 Å². The summed E-state index contributed by atoms with van der Waals surface area (Å²) in [5.74, 6) is 0.589. The minimum absolute atomic E-state index is 0.351. The van der Waals surface area contributed by atoms with Gasteiger partial charge < -0.3 is 14.6 Å². The highest BCUT2D eigenvalue weighted by atomic mass is 16.5. The van der Waals surface area contributed by atoms with Gasteiger partial charge in [0.25, 0.3) is 0 Å². The highest BCUT2D eigenvalue weighted by molar-refractivity contribution is 5.05. The first-order valence-electron chi connectivity index (χ1n) is 6.26. The van der Waals surface area contributed by atoms with E-state index in [0.717, 1.165) is 45.9 Å². The summed E-state index contributed by atoms with van der Waals surface area (Å²) < 4.78 is 10.4. The van der Waals surface area contributed by atoms with Gasteiger partial charge in [0.15, 0.2) is 0 Å². The van der Waals surface area contributed by atoms with Crippen LogP contribution in [0.4, 0.5) is 0 Å². The van der Waals surface area contributed by atoms with E-state index in [-0.39, 0.29) is 5.60 Å². The largest absolute Gasteiger partial charge is 0.387 e. The minimum Gasteiger partial charge on any atom is -0.387 e. The molecule has 1 N–H and O–H groups in total. The number of methoxy groups -OCH3 is 1. The molecule has 0 atom stereocenters. The number of ether oxygens (including phenoxy) is 2. The van der Waals surface area contributed by atoms with Gasteiger partial charge in [-0.15, -0.1) is 0 Å². The van der Waals surface area contributed by atoms with Crippen molar-refractivity contribution in [3.05, 3.63) is 0 Å². The zero-order chi connectivity index (χ0) is 11.4. The van der Waals surface area contributed by atoms with E-state index in [4.69, 9.17) is 9.47 Å². The molecule has 1 saturated carbocycles. The maximum atomic E-state index is 10.1. The van der Waals surface area contributed by atoms with Gasteiger partial charge in [-0.25, -0.2) is 0 Å². The summed E-state index contributed by atoms with van der Waals surface area (Å²) in [7, 11) is 1.71. The number of aliphatic hydroxyl groups is 1. The van der Waals surface area contributed by atoms with E-state index >= 15 is 0 Å². The summed E-state index contributed by atoms with van der Waals surface area (Å²) >= 11 is 0. The fraction of sp³-hybridized carbons (Fsp3) is 1.00. The second-order valence-corrected chi connectivity index (χ2v) is 5.05. The third kappa shape index (κ3) is 3.17. The second-order valence-electron chi connectivity index (χ2n) is 5.05. The molecule has 16 heavy (non-hydrogen) atoms. The lowest BCUT2D eigenvalue weighted by Gasteiger charge is -2.47. The topological polar surface area (TPSA) is 41.9 Å². The molecule has 0 amide bonds. The summed E-state index contributed by atoms with van der Waals surface area (Å²) in [5, 5.41) is 10.1. The van der Waals surface area contributed by atoms with Crippen molar-refractivity contribution in [2.45, 2.75) is 24.9 Å². The first-order chi connectivity index (χ1) is 7.74. The van der Waals surface area contributed by atoms with Crippen LogP contribution in [0.1, 0.15) is 19.3 Å². The van der Waals surface area contributed by atoms with E-state index < -0.39 is 0 Å². The third-order valence-electron chi connectivity index (χ3n) is 3.52. The van der Waals surface area contributed by atoms with Crippen LogP contribution >= 0.6 is 0 Å². The molecule has 0 unspecified atom stereocenters. The number of nitrogens with zero attached hydrogens (tertiary/aromatic N) is 1. The molecule has 94 valence electrons. The number of rotatable bonds is 8. The molecule has 0 aromatic rings. The van der Waals surface area contributed by atoms with Crippen molar-refractivity contribution >= 4 is 0 Å². The molecule has 0 radical (unpaired) electrons. The Labute approximate surface area is 97.5 Å². The number of hydrogen-bond donors (Lipinski definition) is 1. The van der Waals surface area contributed by atoms with Gasteiger partial charge in [0.2, 0.25) is 0 Å². The van der Waals surface area contributed by atoms with Crippen molar-refractivity contribution in [3.63, 3.8) is 0 Å². The van der Waals surface area contributed by atoms with Gasteiger partial charge in [-0.2, -0.15) is 0 Å². The standard InChI is InChI=1S/C12H23NO3/c1-15-6-2-7-16-8-5-13-9-12(14,10-13)11-3-4-11/h11,14H,2-10H2,1H3. The number of β-amino-alcohol motifs (C(OH)–C–C–N with tert-alkyl or cyclic N) is 1. The van der Waals surface area contributed by atoms with Gasteiger partial charge in [0.05, 0.1) is 12.2 Å². The van der Waals surface area contributed by atoms with Gasteiger partial charge >= 0.3 is 0 Å². The molecular formula is C12H23NO3. The van der Waals surface area contributed by atoms with E-state index in [9.17, 15) is 5.11 Å². The fourth-order valence-electron chi connectivity index (χ4n) is 2.37. The molecule has 1 saturated heterocycles. The van der Waals surface area contributed by atoms with Crippen LogP contribution in [0.3, 0.4) is 0 Å². The Morgan fingerprint density at radius 1 is 1.25 bits per heavy atom. The van der Waals surface area contributed by atoms with E-state index in [1.54, 1.807) is 7.11 Å². The van der Waals surface area contributed by atoms with E-state index in [0.29, 0.717) is 5.92 Å². The Morgan fingerprint density at radius 2 is 2.00 bits per heavy atom. The van der Waals surface area contributed by atoms with Crippen LogP contribution in [-0.2, 0) is 9.47 Å². The van der Waals surface area contributed by atoms with Crippen LogP contribution in [0.2, 0.25) is 0 Å². The highest BCUT2D eigenvalue weighted by Gasteiger charge is 2.51. The Hall–Kier alpha value is -0.160. The Bertz CT molecular complexity index is 212. The molecule has 1 aliphatic heterocycles. The lowest BCUT2D eigenvalue weighted by atomic mass is 9.89. The zero-order valence-electron chi connectivity index (χ0n) is 10.2. The second kappa shape index (κ2) is 5.45. The van der Waals surface area contributed by atoms with Crippen LogP contribution in [0.25, 0.3) is 0 Å². The Balaban J connectivity index is 1.44. The van der Waals surface area contributed by atoms with E-state index in [1.165, 1.54) is 12.8 Å². The quantitative estimate of drug-likeness (QED) is 0.615. The van der Waals surface area contributed by atoms with Crippen LogP contribution in [-0.4, -0.2) is 62.2 Å². The molecule has 4 heteroatoms. The normalized spacial score (nSPS) is 24.4. The molecule has 1 aliphatic carbocycles. The lowest BCUT2D eigenvalue weighted by Crippen LogP contribution is -2.63. The van der Waals surface area contributed by atoms with Crippen molar-refractivity contribution < 1.29 is 14.6 Å². The van der Waals surface area contributed by atoms with E-state index in [1.807, 2.05) is 0 Å². The minimum atomic E-state index is -0.351. The summed E-state index contributed by atoms with van der Waals surface area (Å²) in [6, 6.07) is 0. The predicted molar refractivity (Wildman–Crippen MR) is 61.4 cm³/mol. The Morgan fingerprint density at radius 3 is 2.62 bits per heavy atom. The summed E-state index contributed by atoms with van der Waals surface area (Å²) in [6.45, 7) is 4.95. The monoisotopic (exact) mass is 229 g/mol. The van der Waals surface area contributed by atoms with Gasteiger partial charge in [0, 0.05) is 40.0 Å². The molecule has 2 aliphatic rings. The van der Waals surface area contributed by atoms with Gasteiger partial charge in [-0.05, 0) is 25.2 Å². The average molecular weight is 229 g/mol. The fourth-order valence-corrected chi connectivity index (χ4v) is 2.37. The smallest absolute Gasteiger partial charge is 0.0928 e. The van der Waals surface area contributed by atoms with Crippen LogP contribution in [0, 0.1) is 5.92 Å². The SMILES string of the molecule is COCCCOCCN1CC(O)(C2CC2)C1. The Kier molecular flexibility index (Phi) is 4.19. The molecule has 2 fully saturated rings. The maximum Gasteiger partial charge on any atom is 0.0928 e. The summed E-state index contributed by atoms with van der Waals surface area (Å²) in [6.07, 6.45) is 3.40. The molecule has 1 heterocycles. The molecule has 0 bridgehead atoms. The molecule has 0 aromatic heterocycles. The molecule has 4 nitrogen and oxygen atoms in total. The number of hydrogen-bond acceptors (Lipinski definition) is 4. The predicted octanol–water partition coefficient (Wildman–Crippen LogP) is 0.496. The van der Waals surface area contributed by atoms with Crippen molar-refractivity contribution in [3.8, 4) is 0 Å². The summed E-state index contributed by atoms with van der Waals surface area (Å²) in [4.78, 5) is 2.27. The van der Waals surface area contributed by atoms with E-state index in [2.05, 4.69) is 4.90 Å². The molecule has 2 rings (SSSR count). The van der Waals surface area contributed by atoms with Crippen LogP contribution < -0.4 is 0 Å². The van der Waals surface area contributed by atoms with Gasteiger partial charge in [-0.3, -0.25) is 4.90 Å². The van der Waals surface area contributed by atoms with Gasteiger partial charge in [-0.1, -0.05) is 0 Å². The zero-order valence-corrected chi connectivity index (χ0v) is 10.2. The van der Waals surface area contributed by atoms with Crippen molar-refractivity contribution in [1.82, 2.24) is 4.90 Å². The number of likely N-dealkylation sites (tertiary alicyclic amines) is 1. The molecule has 0 aromatic carbocycles. The van der Waals surface area contributed by atoms with Crippen LogP contribution in [0.15, 0.2) is 0 Å². The molecule has 0 spiro atoms. The highest BCUT2D eigenvalue weighted by Crippen LogP contribution is 2.44. The molecular weight excluding hydrogens is 206 g/mol. The summed E-state index contributed by atoms with van der Waals surface area (Å²) in [5.41, 5.74) is -0.351. The first kappa shape index (κ1) is 12.3. The maximum absolute atomic E-state index is 10.1. The van der Waals surface area contributed by atoms with Crippen molar-refractivity contribution in [2.75, 3.05) is 46.6 Å². The lowest BCUT2D eigenvalue weighted by molar-refractivity contribution is -0.118. The average Bonchev–Trinajstić information content (AvgIpc) is 3.03. The first-order valence-corrected chi connectivity index (χ1v) is 6.26. The van der Waals surface area contributed by atoms with Crippen molar-refractivity contribution in [2.24, 2.45) is 5.92 Å². The van der Waals surface area contributed by atoms with Crippen LogP contribution in [0.5, 0.6) is 0 Å². The third-order valence-corrected chi connectivity index (χ3v) is 3.52.